The van der Waals surface area contributed by atoms with E-state index in [1.165, 1.54) is 30.3 Å². The van der Waals surface area contributed by atoms with Crippen LogP contribution in [0.1, 0.15) is 6.42 Å². The molecular weight excluding hydrogens is 310 g/mol. The van der Waals surface area contributed by atoms with E-state index in [1.807, 2.05) is 0 Å². The summed E-state index contributed by atoms with van der Waals surface area (Å²) in [5, 5.41) is 9.08. The molecule has 1 aromatic heterocycles. The average Bonchev–Trinajstić information content (AvgIpc) is 2.50. The predicted molar refractivity (Wildman–Crippen MR) is 80.2 cm³/mol. The predicted octanol–water partition coefficient (Wildman–Crippen LogP) is 0.470. The highest BCUT2D eigenvalue weighted by Gasteiger charge is 2.14. The van der Waals surface area contributed by atoms with Gasteiger partial charge in [0.05, 0.1) is 18.1 Å². The summed E-state index contributed by atoms with van der Waals surface area (Å²) < 4.78 is 36.8. The zero-order chi connectivity index (χ0) is 16.0. The van der Waals surface area contributed by atoms with Crippen LogP contribution in [-0.4, -0.2) is 39.9 Å². The van der Waals surface area contributed by atoms with Crippen molar-refractivity contribution in [3.8, 4) is 0 Å². The minimum absolute atomic E-state index is 0.0566. The number of ether oxygens (including phenoxy) is 1. The molecule has 2 aromatic rings. The number of fused-ring (bicyclic) bond motifs is 1. The van der Waals surface area contributed by atoms with Crippen molar-refractivity contribution in [1.29, 1.82) is 0 Å². The summed E-state index contributed by atoms with van der Waals surface area (Å²) in [4.78, 5) is 11.2. The fourth-order valence-electron chi connectivity index (χ4n) is 1.85. The first-order chi connectivity index (χ1) is 10.5. The third-order valence-corrected chi connectivity index (χ3v) is 4.35. The van der Waals surface area contributed by atoms with E-state index in [0.29, 0.717) is 24.0 Å². The lowest BCUT2D eigenvalue weighted by atomic mass is 10.2. The van der Waals surface area contributed by atoms with Crippen LogP contribution in [0.4, 0.5) is 0 Å². The van der Waals surface area contributed by atoms with Crippen molar-refractivity contribution in [1.82, 2.24) is 4.72 Å². The van der Waals surface area contributed by atoms with Gasteiger partial charge in [-0.2, -0.15) is 0 Å². The molecule has 0 aliphatic heterocycles. The van der Waals surface area contributed by atoms with Gasteiger partial charge < -0.3 is 14.3 Å². The molecule has 0 spiro atoms. The maximum atomic E-state index is 12.1. The van der Waals surface area contributed by atoms with Crippen LogP contribution in [0.5, 0.6) is 0 Å². The van der Waals surface area contributed by atoms with Gasteiger partial charge in [0.15, 0.2) is 0 Å². The van der Waals surface area contributed by atoms with Gasteiger partial charge in [-0.1, -0.05) is 0 Å². The number of hydrogen-bond acceptors (Lipinski definition) is 6. The van der Waals surface area contributed by atoms with Crippen LogP contribution in [0.25, 0.3) is 11.0 Å². The molecule has 0 saturated heterocycles. The third kappa shape index (κ3) is 4.38. The minimum atomic E-state index is -3.63. The maximum absolute atomic E-state index is 12.1. The number of benzene rings is 1. The molecule has 0 saturated carbocycles. The fraction of sp³-hybridized carbons (Fsp3) is 0.357. The largest absolute Gasteiger partial charge is 0.423 e. The molecule has 0 atom stereocenters. The molecule has 0 radical (unpaired) electrons. The molecule has 0 aliphatic carbocycles. The number of sulfonamides is 1. The van der Waals surface area contributed by atoms with Crippen molar-refractivity contribution in [2.45, 2.75) is 11.3 Å². The third-order valence-electron chi connectivity index (χ3n) is 2.89. The Bertz CT molecular complexity index is 783. The Morgan fingerprint density at radius 1 is 1.18 bits per heavy atom. The lowest BCUT2D eigenvalue weighted by Crippen LogP contribution is -2.25. The van der Waals surface area contributed by atoms with E-state index in [4.69, 9.17) is 14.3 Å². The topological polar surface area (TPSA) is 106 Å². The van der Waals surface area contributed by atoms with Crippen molar-refractivity contribution in [2.24, 2.45) is 0 Å². The first-order valence-corrected chi connectivity index (χ1v) is 8.23. The monoisotopic (exact) mass is 327 g/mol. The molecule has 0 fully saturated rings. The van der Waals surface area contributed by atoms with Crippen molar-refractivity contribution < 1.29 is 22.7 Å². The summed E-state index contributed by atoms with van der Waals surface area (Å²) >= 11 is 0. The summed E-state index contributed by atoms with van der Waals surface area (Å²) in [6, 6.07) is 7.04. The highest BCUT2D eigenvalue weighted by molar-refractivity contribution is 7.89. The van der Waals surface area contributed by atoms with E-state index in [1.54, 1.807) is 0 Å². The van der Waals surface area contributed by atoms with Gasteiger partial charge in [-0.3, -0.25) is 0 Å². The van der Waals surface area contributed by atoms with E-state index in [9.17, 15) is 13.2 Å². The number of hydrogen-bond donors (Lipinski definition) is 2. The highest BCUT2D eigenvalue weighted by atomic mass is 32.2. The van der Waals surface area contributed by atoms with Crippen LogP contribution in [0.3, 0.4) is 0 Å². The second-order valence-corrected chi connectivity index (χ2v) is 6.31. The van der Waals surface area contributed by atoms with Gasteiger partial charge >= 0.3 is 5.63 Å². The second kappa shape index (κ2) is 7.50. The second-order valence-electron chi connectivity index (χ2n) is 4.54. The van der Waals surface area contributed by atoms with Crippen LogP contribution in [0.15, 0.2) is 44.4 Å². The maximum Gasteiger partial charge on any atom is 0.336 e. The molecule has 22 heavy (non-hydrogen) atoms. The SMILES string of the molecule is O=c1ccc2cc(S(=O)(=O)NCCCOCCO)ccc2o1. The number of nitrogens with one attached hydrogen (secondary N) is 1. The van der Waals surface area contributed by atoms with Gasteiger partial charge in [0.1, 0.15) is 5.58 Å². The molecule has 2 N–H and O–H groups in total. The number of rotatable bonds is 8. The molecule has 1 heterocycles. The summed E-state index contributed by atoms with van der Waals surface area (Å²) in [5.41, 5.74) is -0.145. The summed E-state index contributed by atoms with van der Waals surface area (Å²) in [6.45, 7) is 0.781. The first-order valence-electron chi connectivity index (χ1n) is 6.75. The zero-order valence-corrected chi connectivity index (χ0v) is 12.6. The standard InChI is InChI=1S/C14H17NO6S/c16-7-9-20-8-1-6-15-22(18,19)12-3-4-13-11(10-12)2-5-14(17)21-13/h2-5,10,15-16H,1,6-9H2. The van der Waals surface area contributed by atoms with Crippen LogP contribution in [0.2, 0.25) is 0 Å². The van der Waals surface area contributed by atoms with Crippen molar-refractivity contribution in [2.75, 3.05) is 26.4 Å². The van der Waals surface area contributed by atoms with Crippen molar-refractivity contribution >= 4 is 21.0 Å². The Morgan fingerprint density at radius 3 is 2.77 bits per heavy atom. The van der Waals surface area contributed by atoms with Crippen LogP contribution < -0.4 is 10.3 Å². The Balaban J connectivity index is 2.03. The Kier molecular flexibility index (Phi) is 5.67. The van der Waals surface area contributed by atoms with Gasteiger partial charge in [-0.05, 0) is 30.7 Å². The normalized spacial score (nSPS) is 11.9. The fourth-order valence-corrected chi connectivity index (χ4v) is 2.96. The molecule has 2 rings (SSSR count). The van der Waals surface area contributed by atoms with Gasteiger partial charge in [0, 0.05) is 24.6 Å². The van der Waals surface area contributed by atoms with E-state index < -0.39 is 15.6 Å². The van der Waals surface area contributed by atoms with E-state index in [0.717, 1.165) is 0 Å². The van der Waals surface area contributed by atoms with Crippen LogP contribution in [-0.2, 0) is 14.8 Å². The molecule has 0 unspecified atom stereocenters. The quantitative estimate of drug-likeness (QED) is 0.539. The molecule has 120 valence electrons. The van der Waals surface area contributed by atoms with Gasteiger partial charge in [-0.15, -0.1) is 0 Å². The molecule has 1 aromatic carbocycles. The molecule has 0 amide bonds. The first kappa shape index (κ1) is 16.6. The highest BCUT2D eigenvalue weighted by Crippen LogP contribution is 2.17. The average molecular weight is 327 g/mol. The Morgan fingerprint density at radius 2 is 2.00 bits per heavy atom. The molecule has 7 nitrogen and oxygen atoms in total. The summed E-state index contributed by atoms with van der Waals surface area (Å²) in [7, 11) is -3.63. The zero-order valence-electron chi connectivity index (χ0n) is 11.8. The number of aliphatic hydroxyl groups excluding tert-OH is 1. The van der Waals surface area contributed by atoms with Crippen molar-refractivity contribution in [3.63, 3.8) is 0 Å². The van der Waals surface area contributed by atoms with Crippen LogP contribution >= 0.6 is 0 Å². The van der Waals surface area contributed by atoms with Gasteiger partial charge in [0.2, 0.25) is 10.0 Å². The van der Waals surface area contributed by atoms with Crippen LogP contribution in [0, 0.1) is 0 Å². The lowest BCUT2D eigenvalue weighted by Gasteiger charge is -2.07. The van der Waals surface area contributed by atoms with Gasteiger partial charge in [0.25, 0.3) is 0 Å². The molecule has 0 bridgehead atoms. The number of aliphatic hydroxyl groups is 1. The smallest absolute Gasteiger partial charge is 0.336 e. The lowest BCUT2D eigenvalue weighted by molar-refractivity contribution is 0.0913. The molecule has 8 heteroatoms. The summed E-state index contributed by atoms with van der Waals surface area (Å²) in [5.74, 6) is 0. The van der Waals surface area contributed by atoms with E-state index in [2.05, 4.69) is 4.72 Å². The minimum Gasteiger partial charge on any atom is -0.423 e. The Labute approximate surface area is 127 Å². The van der Waals surface area contributed by atoms with E-state index in [-0.39, 0.29) is 24.7 Å². The Hall–Kier alpha value is -1.74. The van der Waals surface area contributed by atoms with Crippen molar-refractivity contribution in [3.05, 3.63) is 40.8 Å². The summed E-state index contributed by atoms with van der Waals surface area (Å²) in [6.07, 6.45) is 0.502. The molecule has 0 aliphatic rings. The van der Waals surface area contributed by atoms with Gasteiger partial charge in [-0.25, -0.2) is 17.9 Å². The van der Waals surface area contributed by atoms with E-state index >= 15 is 0 Å². The molecular formula is C14H17NO6S.